The van der Waals surface area contributed by atoms with Crippen molar-refractivity contribution in [1.82, 2.24) is 4.98 Å². The van der Waals surface area contributed by atoms with Crippen molar-refractivity contribution in [1.29, 1.82) is 0 Å². The molecule has 3 rings (SSSR count). The first-order valence-electron chi connectivity index (χ1n) is 7.66. The Bertz CT molecular complexity index is 901. The highest BCUT2D eigenvalue weighted by atomic mass is 32.1. The van der Waals surface area contributed by atoms with Crippen LogP contribution in [-0.2, 0) is 16.0 Å². The number of hydrogen-bond donors (Lipinski definition) is 2. The maximum atomic E-state index is 12.2. The molecule has 2 N–H and O–H groups in total. The van der Waals surface area contributed by atoms with E-state index in [0.717, 1.165) is 27.5 Å². The number of carbonyl (C=O) groups is 2. The van der Waals surface area contributed by atoms with Gasteiger partial charge < -0.3 is 10.6 Å². The summed E-state index contributed by atoms with van der Waals surface area (Å²) in [4.78, 5) is 27.9. The second-order valence-corrected chi connectivity index (χ2v) is 7.23. The lowest BCUT2D eigenvalue weighted by atomic mass is 10.1. The van der Waals surface area contributed by atoms with Crippen molar-refractivity contribution in [2.45, 2.75) is 20.3 Å². The van der Waals surface area contributed by atoms with Gasteiger partial charge in [0.1, 0.15) is 5.01 Å². The van der Waals surface area contributed by atoms with Crippen LogP contribution in [0.4, 0.5) is 11.4 Å². The summed E-state index contributed by atoms with van der Waals surface area (Å²) in [5.74, 6) is -0.237. The van der Waals surface area contributed by atoms with E-state index in [-0.39, 0.29) is 18.2 Å². The van der Waals surface area contributed by atoms with Gasteiger partial charge in [-0.05, 0) is 42.1 Å². The van der Waals surface area contributed by atoms with Crippen molar-refractivity contribution in [3.05, 3.63) is 51.7 Å². The van der Waals surface area contributed by atoms with Crippen LogP contribution in [0.25, 0.3) is 10.6 Å². The lowest BCUT2D eigenvalue weighted by molar-refractivity contribution is -0.116. The summed E-state index contributed by atoms with van der Waals surface area (Å²) in [6.07, 6.45) is 0.229. The van der Waals surface area contributed by atoms with Crippen molar-refractivity contribution < 1.29 is 9.59 Å². The van der Waals surface area contributed by atoms with Crippen LogP contribution in [0, 0.1) is 6.92 Å². The summed E-state index contributed by atoms with van der Waals surface area (Å²) < 4.78 is 0. The van der Waals surface area contributed by atoms with Crippen LogP contribution in [0.15, 0.2) is 40.4 Å². The molecule has 0 aliphatic carbocycles. The molecule has 5 nitrogen and oxygen atoms in total. The molecule has 0 unspecified atom stereocenters. The van der Waals surface area contributed by atoms with Gasteiger partial charge in [-0.2, -0.15) is 11.3 Å². The lowest BCUT2D eigenvalue weighted by Gasteiger charge is -2.09. The van der Waals surface area contributed by atoms with Crippen LogP contribution < -0.4 is 10.6 Å². The van der Waals surface area contributed by atoms with Crippen LogP contribution in [0.5, 0.6) is 0 Å². The first kappa shape index (κ1) is 17.3. The lowest BCUT2D eigenvalue weighted by Crippen LogP contribution is -2.15. The normalized spacial score (nSPS) is 10.5. The molecule has 2 heterocycles. The smallest absolute Gasteiger partial charge is 0.230 e. The molecule has 128 valence electrons. The van der Waals surface area contributed by atoms with E-state index in [1.54, 1.807) is 34.8 Å². The molecular formula is C18H17N3O2S2. The molecule has 0 atom stereocenters. The molecule has 0 aliphatic heterocycles. The largest absolute Gasteiger partial charge is 0.326 e. The Morgan fingerprint density at radius 3 is 2.68 bits per heavy atom. The topological polar surface area (TPSA) is 71.1 Å². The predicted molar refractivity (Wildman–Crippen MR) is 103 cm³/mol. The monoisotopic (exact) mass is 371 g/mol. The Hall–Kier alpha value is -2.51. The summed E-state index contributed by atoms with van der Waals surface area (Å²) in [7, 11) is 0. The Labute approximate surface area is 153 Å². The summed E-state index contributed by atoms with van der Waals surface area (Å²) in [5, 5.41) is 12.5. The van der Waals surface area contributed by atoms with Crippen molar-refractivity contribution in [2.75, 3.05) is 10.6 Å². The van der Waals surface area contributed by atoms with E-state index in [2.05, 4.69) is 15.6 Å². The summed E-state index contributed by atoms with van der Waals surface area (Å²) in [6, 6.07) is 7.41. The van der Waals surface area contributed by atoms with Crippen molar-refractivity contribution in [3.63, 3.8) is 0 Å². The number of amides is 2. The van der Waals surface area contributed by atoms with Gasteiger partial charge in [-0.3, -0.25) is 9.59 Å². The average Bonchev–Trinajstić information content (AvgIpc) is 3.20. The summed E-state index contributed by atoms with van der Waals surface area (Å²) in [6.45, 7) is 3.35. The number of benzene rings is 1. The molecule has 0 spiro atoms. The van der Waals surface area contributed by atoms with E-state index in [1.807, 2.05) is 35.2 Å². The van der Waals surface area contributed by atoms with E-state index >= 15 is 0 Å². The number of nitrogens with one attached hydrogen (secondary N) is 2. The Morgan fingerprint density at radius 2 is 2.00 bits per heavy atom. The number of aromatic nitrogens is 1. The molecule has 0 saturated heterocycles. The molecule has 0 aliphatic rings. The van der Waals surface area contributed by atoms with Gasteiger partial charge in [-0.15, -0.1) is 11.3 Å². The highest BCUT2D eigenvalue weighted by Crippen LogP contribution is 2.26. The zero-order valence-corrected chi connectivity index (χ0v) is 15.5. The van der Waals surface area contributed by atoms with E-state index in [1.165, 1.54) is 6.92 Å². The number of hydrogen-bond acceptors (Lipinski definition) is 5. The highest BCUT2D eigenvalue weighted by molar-refractivity contribution is 7.14. The number of aryl methyl sites for hydroxylation is 1. The van der Waals surface area contributed by atoms with E-state index in [9.17, 15) is 9.59 Å². The van der Waals surface area contributed by atoms with Crippen molar-refractivity contribution in [3.8, 4) is 10.6 Å². The first-order valence-corrected chi connectivity index (χ1v) is 9.48. The van der Waals surface area contributed by atoms with Crippen LogP contribution >= 0.6 is 22.7 Å². The molecular weight excluding hydrogens is 354 g/mol. The molecule has 2 aromatic heterocycles. The molecule has 0 fully saturated rings. The van der Waals surface area contributed by atoms with E-state index in [4.69, 9.17) is 0 Å². The Balaban J connectivity index is 1.63. The minimum Gasteiger partial charge on any atom is -0.326 e. The quantitative estimate of drug-likeness (QED) is 0.702. The van der Waals surface area contributed by atoms with Gasteiger partial charge in [0.15, 0.2) is 0 Å². The van der Waals surface area contributed by atoms with E-state index < -0.39 is 0 Å². The standard InChI is InChI=1S/C18H17N3O2S2/c1-11-7-14(3-4-16(11)19-12(2)22)20-17(23)8-15-10-25-18(21-15)13-5-6-24-9-13/h3-7,9-10H,8H2,1-2H3,(H,19,22)(H,20,23). The highest BCUT2D eigenvalue weighted by Gasteiger charge is 2.10. The van der Waals surface area contributed by atoms with E-state index in [0.29, 0.717) is 5.69 Å². The molecule has 0 radical (unpaired) electrons. The van der Waals surface area contributed by atoms with Crippen LogP contribution in [0.1, 0.15) is 18.2 Å². The SMILES string of the molecule is CC(=O)Nc1ccc(NC(=O)Cc2csc(-c3ccsc3)n2)cc1C. The summed E-state index contributed by atoms with van der Waals surface area (Å²) in [5.41, 5.74) is 4.18. The molecule has 25 heavy (non-hydrogen) atoms. The number of thiophene rings is 1. The second-order valence-electron chi connectivity index (χ2n) is 5.59. The summed E-state index contributed by atoms with van der Waals surface area (Å²) >= 11 is 3.17. The van der Waals surface area contributed by atoms with Crippen molar-refractivity contribution >= 4 is 45.9 Å². The number of thiazole rings is 1. The van der Waals surface area contributed by atoms with Gasteiger partial charge in [0.25, 0.3) is 0 Å². The zero-order chi connectivity index (χ0) is 17.8. The van der Waals surface area contributed by atoms with Crippen LogP contribution in [0.3, 0.4) is 0 Å². The Kier molecular flexibility index (Phi) is 5.25. The second kappa shape index (κ2) is 7.58. The average molecular weight is 371 g/mol. The fourth-order valence-electron chi connectivity index (χ4n) is 2.35. The maximum absolute atomic E-state index is 12.2. The van der Waals surface area contributed by atoms with Gasteiger partial charge >= 0.3 is 0 Å². The molecule has 2 amide bonds. The van der Waals surface area contributed by atoms with Gasteiger partial charge in [0.2, 0.25) is 11.8 Å². The van der Waals surface area contributed by atoms with Crippen molar-refractivity contribution in [2.24, 2.45) is 0 Å². The third-order valence-electron chi connectivity index (χ3n) is 3.48. The minimum atomic E-state index is -0.121. The fourth-order valence-corrected chi connectivity index (χ4v) is 3.88. The Morgan fingerprint density at radius 1 is 1.16 bits per heavy atom. The minimum absolute atomic E-state index is 0.117. The first-order chi connectivity index (χ1) is 12.0. The third kappa shape index (κ3) is 4.52. The third-order valence-corrected chi connectivity index (χ3v) is 5.11. The molecule has 3 aromatic rings. The van der Waals surface area contributed by atoms with Crippen LogP contribution in [-0.4, -0.2) is 16.8 Å². The maximum Gasteiger partial charge on any atom is 0.230 e. The predicted octanol–water partition coefficient (Wildman–Crippen LogP) is 4.32. The van der Waals surface area contributed by atoms with Gasteiger partial charge in [0.05, 0.1) is 12.1 Å². The fraction of sp³-hybridized carbons (Fsp3) is 0.167. The molecule has 0 bridgehead atoms. The number of rotatable bonds is 5. The molecule has 1 aromatic carbocycles. The zero-order valence-electron chi connectivity index (χ0n) is 13.8. The van der Waals surface area contributed by atoms with Gasteiger partial charge in [-0.25, -0.2) is 4.98 Å². The molecule has 0 saturated carbocycles. The number of anilines is 2. The molecule has 7 heteroatoms. The number of nitrogens with zero attached hydrogens (tertiary/aromatic N) is 1. The van der Waals surface area contributed by atoms with Crippen LogP contribution in [0.2, 0.25) is 0 Å². The van der Waals surface area contributed by atoms with Gasteiger partial charge in [-0.1, -0.05) is 0 Å². The number of carbonyl (C=O) groups excluding carboxylic acids is 2. The van der Waals surface area contributed by atoms with Gasteiger partial charge in [0, 0.05) is 34.6 Å².